The summed E-state index contributed by atoms with van der Waals surface area (Å²) in [7, 11) is 0. The van der Waals surface area contributed by atoms with Gasteiger partial charge in [0.25, 0.3) is 0 Å². The molecule has 1 fully saturated rings. The molecule has 0 N–H and O–H groups in total. The lowest BCUT2D eigenvalue weighted by atomic mass is 9.84. The molecule has 0 heterocycles. The molecular formula is C14H30. The molecule has 0 amide bonds. The molecule has 0 aliphatic heterocycles. The molecule has 0 spiro atoms. The predicted octanol–water partition coefficient (Wildman–Crippen LogP) is 5.28. The fourth-order valence-electron chi connectivity index (χ4n) is 2.38. The Balaban J connectivity index is 0.000000500. The van der Waals surface area contributed by atoms with Gasteiger partial charge in [0.1, 0.15) is 0 Å². The Morgan fingerprint density at radius 2 is 1.57 bits per heavy atom. The molecule has 0 bridgehead atoms. The van der Waals surface area contributed by atoms with E-state index in [0.29, 0.717) is 5.41 Å². The zero-order valence-electron chi connectivity index (χ0n) is 11.2. The van der Waals surface area contributed by atoms with Gasteiger partial charge in [-0.15, -0.1) is 0 Å². The van der Waals surface area contributed by atoms with Crippen LogP contribution in [0.4, 0.5) is 0 Å². The van der Waals surface area contributed by atoms with Gasteiger partial charge >= 0.3 is 0 Å². The van der Waals surface area contributed by atoms with Crippen LogP contribution >= 0.6 is 0 Å². The van der Waals surface area contributed by atoms with E-state index in [9.17, 15) is 0 Å². The summed E-state index contributed by atoms with van der Waals surface area (Å²) >= 11 is 0. The molecule has 0 unspecified atom stereocenters. The molecule has 1 rings (SSSR count). The minimum atomic E-state index is 0.550. The standard InChI is InChI=1S/C11H22.C3H8/c1-9-5-6-10(7-9)8-11(2,3)4;1-3-2/h9-10H,5-8H2,1-4H3;3H2,1-2H3/t9-,10-;/m1./s1. The molecule has 0 nitrogen and oxygen atoms in total. The topological polar surface area (TPSA) is 0 Å². The van der Waals surface area contributed by atoms with Crippen LogP contribution in [0.5, 0.6) is 0 Å². The lowest BCUT2D eigenvalue weighted by Gasteiger charge is -2.22. The van der Waals surface area contributed by atoms with Gasteiger partial charge in [0.05, 0.1) is 0 Å². The van der Waals surface area contributed by atoms with E-state index in [0.717, 1.165) is 11.8 Å². The Morgan fingerprint density at radius 3 is 1.86 bits per heavy atom. The van der Waals surface area contributed by atoms with E-state index >= 15 is 0 Å². The molecule has 14 heavy (non-hydrogen) atoms. The Morgan fingerprint density at radius 1 is 1.07 bits per heavy atom. The van der Waals surface area contributed by atoms with Gasteiger partial charge in [-0.05, 0) is 30.1 Å². The normalized spacial score (nSPS) is 27.0. The molecular weight excluding hydrogens is 168 g/mol. The summed E-state index contributed by atoms with van der Waals surface area (Å²) in [4.78, 5) is 0. The third kappa shape index (κ3) is 7.41. The van der Waals surface area contributed by atoms with Crippen molar-refractivity contribution in [1.82, 2.24) is 0 Å². The molecule has 0 saturated heterocycles. The molecule has 1 saturated carbocycles. The fraction of sp³-hybridized carbons (Fsp3) is 1.00. The molecule has 0 radical (unpaired) electrons. The number of hydrogen-bond acceptors (Lipinski definition) is 0. The summed E-state index contributed by atoms with van der Waals surface area (Å²) in [5.41, 5.74) is 0.550. The first-order valence-corrected chi connectivity index (χ1v) is 6.39. The van der Waals surface area contributed by atoms with Crippen molar-refractivity contribution in [3.8, 4) is 0 Å². The Labute approximate surface area is 91.5 Å². The Kier molecular flexibility index (Phi) is 6.48. The van der Waals surface area contributed by atoms with Crippen LogP contribution in [0, 0.1) is 17.3 Å². The first-order valence-electron chi connectivity index (χ1n) is 6.39. The molecule has 0 aromatic heterocycles. The van der Waals surface area contributed by atoms with Gasteiger partial charge in [0, 0.05) is 0 Å². The van der Waals surface area contributed by atoms with Crippen molar-refractivity contribution in [3.05, 3.63) is 0 Å². The Bertz CT molecular complexity index is 129. The second-order valence-corrected chi connectivity index (χ2v) is 6.26. The zero-order chi connectivity index (χ0) is 11.2. The summed E-state index contributed by atoms with van der Waals surface area (Å²) in [5.74, 6) is 2.03. The van der Waals surface area contributed by atoms with E-state index in [1.807, 2.05) is 0 Å². The summed E-state index contributed by atoms with van der Waals surface area (Å²) in [6, 6.07) is 0. The largest absolute Gasteiger partial charge is 0.0656 e. The van der Waals surface area contributed by atoms with E-state index in [2.05, 4.69) is 41.5 Å². The second kappa shape index (κ2) is 6.48. The van der Waals surface area contributed by atoms with Crippen LogP contribution in [0.1, 0.15) is 73.6 Å². The van der Waals surface area contributed by atoms with Gasteiger partial charge in [0.15, 0.2) is 0 Å². The molecule has 86 valence electrons. The smallest absolute Gasteiger partial charge is 0.0380 e. The third-order valence-corrected chi connectivity index (χ3v) is 2.70. The average molecular weight is 198 g/mol. The summed E-state index contributed by atoms with van der Waals surface area (Å²) in [5, 5.41) is 0. The SMILES string of the molecule is CCC.C[C@@H]1CC[C@@H](CC(C)(C)C)C1. The van der Waals surface area contributed by atoms with Crippen molar-refractivity contribution in [2.24, 2.45) is 17.3 Å². The van der Waals surface area contributed by atoms with Gasteiger partial charge < -0.3 is 0 Å². The highest BCUT2D eigenvalue weighted by Gasteiger charge is 2.25. The zero-order valence-corrected chi connectivity index (χ0v) is 11.2. The van der Waals surface area contributed by atoms with Crippen molar-refractivity contribution in [2.75, 3.05) is 0 Å². The molecule has 1 aliphatic carbocycles. The maximum absolute atomic E-state index is 2.39. The van der Waals surface area contributed by atoms with Gasteiger partial charge in [-0.2, -0.15) is 0 Å². The number of rotatable bonds is 1. The first kappa shape index (κ1) is 14.0. The first-order chi connectivity index (χ1) is 6.39. The monoisotopic (exact) mass is 198 g/mol. The maximum atomic E-state index is 2.39. The van der Waals surface area contributed by atoms with E-state index in [1.165, 1.54) is 32.1 Å². The number of hydrogen-bond donors (Lipinski definition) is 0. The van der Waals surface area contributed by atoms with Crippen molar-refractivity contribution < 1.29 is 0 Å². The van der Waals surface area contributed by atoms with Crippen LogP contribution in [0.25, 0.3) is 0 Å². The maximum Gasteiger partial charge on any atom is -0.0380 e. The fourth-order valence-corrected chi connectivity index (χ4v) is 2.38. The highest BCUT2D eigenvalue weighted by Crippen LogP contribution is 2.37. The predicted molar refractivity (Wildman–Crippen MR) is 66.5 cm³/mol. The summed E-state index contributed by atoms with van der Waals surface area (Å²) < 4.78 is 0. The van der Waals surface area contributed by atoms with Crippen molar-refractivity contribution in [2.45, 2.75) is 73.6 Å². The van der Waals surface area contributed by atoms with Crippen molar-refractivity contribution >= 4 is 0 Å². The summed E-state index contributed by atoms with van der Waals surface area (Å²) in [6.45, 7) is 13.7. The highest BCUT2D eigenvalue weighted by atomic mass is 14.3. The van der Waals surface area contributed by atoms with Crippen molar-refractivity contribution in [1.29, 1.82) is 0 Å². The van der Waals surface area contributed by atoms with Gasteiger partial charge in [-0.25, -0.2) is 0 Å². The van der Waals surface area contributed by atoms with Crippen LogP contribution in [-0.4, -0.2) is 0 Å². The summed E-state index contributed by atoms with van der Waals surface area (Å²) in [6.07, 6.45) is 7.12. The highest BCUT2D eigenvalue weighted by molar-refractivity contribution is 4.77. The van der Waals surface area contributed by atoms with E-state index in [4.69, 9.17) is 0 Å². The van der Waals surface area contributed by atoms with Gasteiger partial charge in [-0.3, -0.25) is 0 Å². The van der Waals surface area contributed by atoms with Crippen molar-refractivity contribution in [3.63, 3.8) is 0 Å². The minimum absolute atomic E-state index is 0.550. The molecule has 0 heteroatoms. The second-order valence-electron chi connectivity index (χ2n) is 6.26. The van der Waals surface area contributed by atoms with E-state index in [1.54, 1.807) is 0 Å². The quantitative estimate of drug-likeness (QED) is 0.538. The van der Waals surface area contributed by atoms with Crippen LogP contribution in [-0.2, 0) is 0 Å². The average Bonchev–Trinajstić information content (AvgIpc) is 2.33. The van der Waals surface area contributed by atoms with E-state index in [-0.39, 0.29) is 0 Å². The van der Waals surface area contributed by atoms with Gasteiger partial charge in [0.2, 0.25) is 0 Å². The molecule has 0 aromatic carbocycles. The molecule has 0 aromatic rings. The minimum Gasteiger partial charge on any atom is -0.0656 e. The van der Waals surface area contributed by atoms with E-state index < -0.39 is 0 Å². The Hall–Kier alpha value is 0. The van der Waals surface area contributed by atoms with Crippen LogP contribution in [0.15, 0.2) is 0 Å². The van der Waals surface area contributed by atoms with Crippen LogP contribution in [0.2, 0.25) is 0 Å². The van der Waals surface area contributed by atoms with Crippen LogP contribution < -0.4 is 0 Å². The molecule has 2 atom stereocenters. The molecule has 1 aliphatic rings. The lowest BCUT2D eigenvalue weighted by Crippen LogP contribution is -2.10. The third-order valence-electron chi connectivity index (χ3n) is 2.70. The van der Waals surface area contributed by atoms with Crippen LogP contribution in [0.3, 0.4) is 0 Å². The van der Waals surface area contributed by atoms with Gasteiger partial charge in [-0.1, -0.05) is 60.8 Å². The lowest BCUT2D eigenvalue weighted by molar-refractivity contribution is 0.293.